The fraction of sp³-hybridized carbons (Fsp3) is 0.538. The molecule has 3 rings (SSSR count). The SMILES string of the molecule is CCc1ccc(N(CC(C)C)S(=O)(=O)c2ccc(OCC3CCOCC3)c([S+]([O-])CC)c2)cc1. The van der Waals surface area contributed by atoms with E-state index in [1.165, 1.54) is 10.4 Å². The lowest BCUT2D eigenvalue weighted by molar-refractivity contribution is 0.0493. The summed E-state index contributed by atoms with van der Waals surface area (Å²) in [6.45, 7) is 10.2. The molecular weight excluding hydrogens is 470 g/mol. The topological polar surface area (TPSA) is 78.9 Å². The van der Waals surface area contributed by atoms with Crippen LogP contribution < -0.4 is 9.04 Å². The summed E-state index contributed by atoms with van der Waals surface area (Å²) in [5.74, 6) is 1.39. The van der Waals surface area contributed by atoms with Gasteiger partial charge in [0.15, 0.2) is 10.6 Å². The van der Waals surface area contributed by atoms with Gasteiger partial charge in [0, 0.05) is 25.8 Å². The smallest absolute Gasteiger partial charge is 0.264 e. The van der Waals surface area contributed by atoms with E-state index in [9.17, 15) is 13.0 Å². The molecule has 1 unspecified atom stereocenters. The van der Waals surface area contributed by atoms with Crippen molar-refractivity contribution in [3.63, 3.8) is 0 Å². The Labute approximate surface area is 207 Å². The van der Waals surface area contributed by atoms with Gasteiger partial charge in [-0.25, -0.2) is 8.42 Å². The number of nitrogens with zero attached hydrogens (tertiary/aromatic N) is 1. The summed E-state index contributed by atoms with van der Waals surface area (Å²) in [6, 6.07) is 12.4. The van der Waals surface area contributed by atoms with Crippen LogP contribution in [0.2, 0.25) is 0 Å². The van der Waals surface area contributed by atoms with E-state index in [-0.39, 0.29) is 10.8 Å². The van der Waals surface area contributed by atoms with Crippen molar-refractivity contribution in [2.45, 2.75) is 56.7 Å². The van der Waals surface area contributed by atoms with Crippen molar-refractivity contribution in [1.82, 2.24) is 0 Å². The van der Waals surface area contributed by atoms with Gasteiger partial charge in [0.1, 0.15) is 5.75 Å². The second kappa shape index (κ2) is 12.3. The van der Waals surface area contributed by atoms with Gasteiger partial charge in [-0.1, -0.05) is 32.9 Å². The van der Waals surface area contributed by atoms with Crippen molar-refractivity contribution < 1.29 is 22.4 Å². The fourth-order valence-corrected chi connectivity index (χ4v) is 6.57. The maximum Gasteiger partial charge on any atom is 0.264 e. The number of anilines is 1. The van der Waals surface area contributed by atoms with Crippen LogP contribution in [0.3, 0.4) is 0 Å². The van der Waals surface area contributed by atoms with E-state index < -0.39 is 21.2 Å². The third kappa shape index (κ3) is 6.68. The Hall–Kier alpha value is -1.74. The minimum absolute atomic E-state index is 0.128. The zero-order chi connectivity index (χ0) is 24.7. The van der Waals surface area contributed by atoms with Gasteiger partial charge in [0.05, 0.1) is 17.2 Å². The molecule has 2 aromatic rings. The Morgan fingerprint density at radius 3 is 2.38 bits per heavy atom. The Kier molecular flexibility index (Phi) is 9.71. The molecule has 6 nitrogen and oxygen atoms in total. The normalized spacial score (nSPS) is 15.9. The van der Waals surface area contributed by atoms with Crippen molar-refractivity contribution in [2.75, 3.05) is 36.4 Å². The van der Waals surface area contributed by atoms with Crippen LogP contribution in [0.1, 0.15) is 46.1 Å². The monoisotopic (exact) mass is 507 g/mol. The lowest BCUT2D eigenvalue weighted by Gasteiger charge is -2.27. The minimum atomic E-state index is -3.86. The van der Waals surface area contributed by atoms with Crippen molar-refractivity contribution in [1.29, 1.82) is 0 Å². The van der Waals surface area contributed by atoms with Crippen LogP contribution in [0.5, 0.6) is 5.75 Å². The van der Waals surface area contributed by atoms with Crippen LogP contribution in [0.4, 0.5) is 5.69 Å². The van der Waals surface area contributed by atoms with Crippen LogP contribution in [-0.4, -0.2) is 45.1 Å². The highest BCUT2D eigenvalue weighted by atomic mass is 32.2. The standard InChI is InChI=1S/C26H37NO5S2/c1-5-21-7-9-23(10-8-21)27(18-20(3)4)34(29,30)24-11-12-25(26(17-24)33(28)6-2)32-19-22-13-15-31-16-14-22/h7-12,17,20,22H,5-6,13-16,18-19H2,1-4H3. The van der Waals surface area contributed by atoms with Crippen molar-refractivity contribution in [3.8, 4) is 5.75 Å². The van der Waals surface area contributed by atoms with Crippen LogP contribution >= 0.6 is 0 Å². The Balaban J connectivity index is 1.93. The molecule has 0 N–H and O–H groups in total. The molecule has 1 aliphatic rings. The lowest BCUT2D eigenvalue weighted by atomic mass is 10.0. The van der Waals surface area contributed by atoms with Gasteiger partial charge in [0.2, 0.25) is 0 Å². The van der Waals surface area contributed by atoms with Crippen molar-refractivity contribution >= 4 is 26.9 Å². The van der Waals surface area contributed by atoms with E-state index >= 15 is 0 Å². The molecule has 0 bridgehead atoms. The first-order chi connectivity index (χ1) is 16.3. The third-order valence-corrected chi connectivity index (χ3v) is 9.11. The van der Waals surface area contributed by atoms with Crippen LogP contribution in [0.25, 0.3) is 0 Å². The number of ether oxygens (including phenoxy) is 2. The van der Waals surface area contributed by atoms with E-state index in [1.54, 1.807) is 12.1 Å². The number of hydrogen-bond acceptors (Lipinski definition) is 5. The summed E-state index contributed by atoms with van der Waals surface area (Å²) in [6.07, 6.45) is 2.75. The molecule has 1 saturated heterocycles. The molecule has 1 atom stereocenters. The van der Waals surface area contributed by atoms with Gasteiger partial charge in [-0.3, -0.25) is 4.31 Å². The molecule has 188 valence electrons. The zero-order valence-electron chi connectivity index (χ0n) is 20.7. The number of sulfonamides is 1. The average molecular weight is 508 g/mol. The summed E-state index contributed by atoms with van der Waals surface area (Å²) in [7, 11) is -3.86. The quantitative estimate of drug-likeness (QED) is 0.399. The molecule has 0 amide bonds. The molecule has 0 radical (unpaired) electrons. The second-order valence-electron chi connectivity index (χ2n) is 9.06. The molecular formula is C26H37NO5S2. The highest BCUT2D eigenvalue weighted by molar-refractivity contribution is 7.93. The van der Waals surface area contributed by atoms with E-state index in [2.05, 4.69) is 6.92 Å². The van der Waals surface area contributed by atoms with E-state index in [4.69, 9.17) is 9.47 Å². The number of hydrogen-bond donors (Lipinski definition) is 0. The number of aryl methyl sites for hydroxylation is 1. The summed E-state index contributed by atoms with van der Waals surface area (Å²) in [4.78, 5) is 0.560. The summed E-state index contributed by atoms with van der Waals surface area (Å²) < 4.78 is 53.3. The summed E-state index contributed by atoms with van der Waals surface area (Å²) in [5.41, 5.74) is 1.78. The Bertz CT molecular complexity index is 1020. The van der Waals surface area contributed by atoms with Gasteiger partial charge in [-0.05, 0) is 79.0 Å². The molecule has 34 heavy (non-hydrogen) atoms. The highest BCUT2D eigenvalue weighted by Gasteiger charge is 2.29. The van der Waals surface area contributed by atoms with Gasteiger partial charge in [-0.2, -0.15) is 0 Å². The summed E-state index contributed by atoms with van der Waals surface area (Å²) in [5, 5.41) is 0. The molecule has 1 fully saturated rings. The summed E-state index contributed by atoms with van der Waals surface area (Å²) >= 11 is -1.36. The first kappa shape index (κ1) is 26.9. The maximum atomic E-state index is 13.8. The van der Waals surface area contributed by atoms with Gasteiger partial charge in [-0.15, -0.1) is 0 Å². The van der Waals surface area contributed by atoms with Gasteiger partial charge in [0.25, 0.3) is 10.0 Å². The van der Waals surface area contributed by atoms with E-state index in [1.807, 2.05) is 45.0 Å². The first-order valence-corrected chi connectivity index (χ1v) is 14.9. The minimum Gasteiger partial charge on any atom is -0.611 e. The third-order valence-electron chi connectivity index (χ3n) is 5.99. The fourth-order valence-electron chi connectivity index (χ4n) is 3.92. The maximum absolute atomic E-state index is 13.8. The molecule has 1 heterocycles. The van der Waals surface area contributed by atoms with Crippen LogP contribution in [0.15, 0.2) is 52.3 Å². The number of rotatable bonds is 11. The Morgan fingerprint density at radius 2 is 1.79 bits per heavy atom. The van der Waals surface area contributed by atoms with E-state index in [0.29, 0.717) is 41.2 Å². The molecule has 2 aromatic carbocycles. The lowest BCUT2D eigenvalue weighted by Crippen LogP contribution is -2.34. The zero-order valence-corrected chi connectivity index (χ0v) is 22.3. The molecule has 8 heteroatoms. The van der Waals surface area contributed by atoms with Crippen LogP contribution in [0, 0.1) is 11.8 Å². The predicted octanol–water partition coefficient (Wildman–Crippen LogP) is 5.03. The second-order valence-corrected chi connectivity index (χ2v) is 12.6. The molecule has 0 saturated carbocycles. The largest absolute Gasteiger partial charge is 0.611 e. The molecule has 0 spiro atoms. The van der Waals surface area contributed by atoms with E-state index in [0.717, 1.165) is 38.0 Å². The molecule has 0 aromatic heterocycles. The Morgan fingerprint density at radius 1 is 1.12 bits per heavy atom. The molecule has 0 aliphatic carbocycles. The van der Waals surface area contributed by atoms with Crippen LogP contribution in [-0.2, 0) is 32.4 Å². The van der Waals surface area contributed by atoms with Gasteiger partial charge >= 0.3 is 0 Å². The first-order valence-electron chi connectivity index (χ1n) is 12.1. The van der Waals surface area contributed by atoms with Crippen molar-refractivity contribution in [3.05, 3.63) is 48.0 Å². The average Bonchev–Trinajstić information content (AvgIpc) is 2.86. The van der Waals surface area contributed by atoms with Gasteiger partial charge < -0.3 is 14.0 Å². The van der Waals surface area contributed by atoms with Crippen molar-refractivity contribution in [2.24, 2.45) is 11.8 Å². The number of benzene rings is 2. The molecule has 1 aliphatic heterocycles. The highest BCUT2D eigenvalue weighted by Crippen LogP contribution is 2.32. The predicted molar refractivity (Wildman–Crippen MR) is 138 cm³/mol.